The third kappa shape index (κ3) is 2.01. The van der Waals surface area contributed by atoms with Crippen LogP contribution < -0.4 is 0 Å². The predicted molar refractivity (Wildman–Crippen MR) is 49.4 cm³/mol. The van der Waals surface area contributed by atoms with Crippen LogP contribution in [-0.4, -0.2) is 15.2 Å². The van der Waals surface area contributed by atoms with Crippen LogP contribution in [0.25, 0.3) is 0 Å². The van der Waals surface area contributed by atoms with Gasteiger partial charge in [0.1, 0.15) is 11.4 Å². The van der Waals surface area contributed by atoms with E-state index in [1.165, 1.54) is 6.20 Å². The van der Waals surface area contributed by atoms with Crippen LogP contribution in [0.1, 0.15) is 23.2 Å². The molecule has 0 aliphatic rings. The highest BCUT2D eigenvalue weighted by Gasteiger charge is 2.19. The molecule has 1 aromatic rings. The van der Waals surface area contributed by atoms with Gasteiger partial charge in [0.2, 0.25) is 0 Å². The Balaban J connectivity index is 3.27. The quantitative estimate of drug-likeness (QED) is 0.825. The summed E-state index contributed by atoms with van der Waals surface area (Å²) in [5.41, 5.74) is -0.111. The fraction of sp³-hybridized carbons (Fsp3) is 0.375. The Bertz CT molecular complexity index is 333. The SMILES string of the molecule is OCc1c(CBr)cnc(C(F)F)c1O. The molecule has 0 atom stereocenters. The number of hydrogen-bond donors (Lipinski definition) is 2. The molecule has 0 radical (unpaired) electrons. The number of hydrogen-bond acceptors (Lipinski definition) is 3. The molecule has 1 aromatic heterocycles. The number of pyridine rings is 1. The van der Waals surface area contributed by atoms with Gasteiger partial charge < -0.3 is 10.2 Å². The molecule has 6 heteroatoms. The summed E-state index contributed by atoms with van der Waals surface area (Å²) in [6.07, 6.45) is -1.63. The van der Waals surface area contributed by atoms with Gasteiger partial charge in [0, 0.05) is 17.1 Å². The van der Waals surface area contributed by atoms with Gasteiger partial charge in [-0.05, 0) is 5.56 Å². The van der Waals surface area contributed by atoms with E-state index in [0.717, 1.165) is 0 Å². The first-order valence-corrected chi connectivity index (χ1v) is 4.88. The zero-order valence-corrected chi connectivity index (χ0v) is 8.63. The smallest absolute Gasteiger partial charge is 0.284 e. The molecule has 0 aromatic carbocycles. The van der Waals surface area contributed by atoms with Crippen molar-refractivity contribution in [2.75, 3.05) is 0 Å². The summed E-state index contributed by atoms with van der Waals surface area (Å²) in [7, 11) is 0. The summed E-state index contributed by atoms with van der Waals surface area (Å²) in [5, 5.41) is 18.6. The van der Waals surface area contributed by atoms with Gasteiger partial charge in [0.15, 0.2) is 0 Å². The van der Waals surface area contributed by atoms with Crippen molar-refractivity contribution >= 4 is 15.9 Å². The normalized spacial score (nSPS) is 10.9. The van der Waals surface area contributed by atoms with Crippen LogP contribution in [0.15, 0.2) is 6.20 Å². The maximum atomic E-state index is 12.3. The number of aliphatic hydroxyl groups excluding tert-OH is 1. The minimum absolute atomic E-state index is 0.0900. The first-order chi connectivity index (χ1) is 6.61. The number of nitrogens with zero attached hydrogens (tertiary/aromatic N) is 1. The Hall–Kier alpha value is -0.750. The molecular weight excluding hydrogens is 260 g/mol. The number of halogens is 3. The molecule has 3 nitrogen and oxygen atoms in total. The topological polar surface area (TPSA) is 53.4 Å². The molecule has 0 amide bonds. The zero-order valence-electron chi connectivity index (χ0n) is 7.04. The minimum Gasteiger partial charge on any atom is -0.505 e. The van der Waals surface area contributed by atoms with Crippen molar-refractivity contribution in [3.63, 3.8) is 0 Å². The van der Waals surface area contributed by atoms with Gasteiger partial charge in [0.05, 0.1) is 6.61 Å². The highest BCUT2D eigenvalue weighted by molar-refractivity contribution is 9.08. The molecule has 1 heterocycles. The van der Waals surface area contributed by atoms with E-state index in [0.29, 0.717) is 10.9 Å². The van der Waals surface area contributed by atoms with Gasteiger partial charge in [-0.25, -0.2) is 8.78 Å². The van der Waals surface area contributed by atoms with E-state index in [1.54, 1.807) is 0 Å². The third-order valence-electron chi connectivity index (χ3n) is 1.78. The lowest BCUT2D eigenvalue weighted by molar-refractivity contribution is 0.141. The van der Waals surface area contributed by atoms with Crippen molar-refractivity contribution in [3.05, 3.63) is 23.0 Å². The first kappa shape index (κ1) is 11.3. The zero-order chi connectivity index (χ0) is 10.7. The van der Waals surface area contributed by atoms with Gasteiger partial charge in [0.25, 0.3) is 6.43 Å². The Morgan fingerprint density at radius 3 is 2.57 bits per heavy atom. The summed E-state index contributed by atoms with van der Waals surface area (Å²) in [5.74, 6) is -0.626. The van der Waals surface area contributed by atoms with Crippen LogP contribution in [-0.2, 0) is 11.9 Å². The second-order valence-corrected chi connectivity index (χ2v) is 3.15. The van der Waals surface area contributed by atoms with E-state index in [9.17, 15) is 13.9 Å². The molecular formula is C8H8BrF2NO2. The van der Waals surface area contributed by atoms with Crippen molar-refractivity contribution in [2.24, 2.45) is 0 Å². The van der Waals surface area contributed by atoms with Crippen LogP contribution >= 0.6 is 15.9 Å². The average molecular weight is 268 g/mol. The van der Waals surface area contributed by atoms with Crippen molar-refractivity contribution in [3.8, 4) is 5.75 Å². The van der Waals surface area contributed by atoms with Gasteiger partial charge in [-0.1, -0.05) is 15.9 Å². The largest absolute Gasteiger partial charge is 0.505 e. The molecule has 14 heavy (non-hydrogen) atoms. The van der Waals surface area contributed by atoms with Crippen LogP contribution in [0.4, 0.5) is 8.78 Å². The average Bonchev–Trinajstić information content (AvgIpc) is 2.16. The summed E-state index contributed by atoms with van der Waals surface area (Å²) in [4.78, 5) is 3.42. The molecule has 0 fully saturated rings. The van der Waals surface area contributed by atoms with Crippen LogP contribution in [0.3, 0.4) is 0 Å². The molecule has 0 bridgehead atoms. The summed E-state index contributed by atoms with van der Waals surface area (Å²) in [6, 6.07) is 0. The van der Waals surface area contributed by atoms with E-state index < -0.39 is 24.5 Å². The maximum Gasteiger partial charge on any atom is 0.284 e. The number of alkyl halides is 3. The third-order valence-corrected chi connectivity index (χ3v) is 2.39. The number of rotatable bonds is 3. The number of aliphatic hydroxyl groups is 1. The Labute approximate surface area is 87.5 Å². The molecule has 78 valence electrons. The van der Waals surface area contributed by atoms with Crippen molar-refractivity contribution in [1.82, 2.24) is 4.98 Å². The Morgan fingerprint density at radius 1 is 1.50 bits per heavy atom. The molecule has 0 aliphatic carbocycles. The van der Waals surface area contributed by atoms with E-state index in [2.05, 4.69) is 20.9 Å². The standard InChI is InChI=1S/C8H8BrF2NO2/c9-1-4-2-12-6(8(10)11)7(14)5(4)3-13/h2,8,13-14H,1,3H2. The summed E-state index contributed by atoms with van der Waals surface area (Å²) >= 11 is 3.10. The molecule has 2 N–H and O–H groups in total. The molecule has 0 saturated carbocycles. The fourth-order valence-electron chi connectivity index (χ4n) is 1.04. The molecule has 0 unspecified atom stereocenters. The second-order valence-electron chi connectivity index (χ2n) is 2.59. The van der Waals surface area contributed by atoms with E-state index in [4.69, 9.17) is 5.11 Å². The van der Waals surface area contributed by atoms with Crippen LogP contribution in [0.2, 0.25) is 0 Å². The first-order valence-electron chi connectivity index (χ1n) is 3.76. The number of aromatic hydroxyl groups is 1. The monoisotopic (exact) mass is 267 g/mol. The highest BCUT2D eigenvalue weighted by atomic mass is 79.9. The van der Waals surface area contributed by atoms with Gasteiger partial charge in [-0.15, -0.1) is 0 Å². The van der Waals surface area contributed by atoms with E-state index in [-0.39, 0.29) is 5.56 Å². The molecule has 0 spiro atoms. The molecule has 1 rings (SSSR count). The fourth-order valence-corrected chi connectivity index (χ4v) is 1.53. The Morgan fingerprint density at radius 2 is 2.14 bits per heavy atom. The van der Waals surface area contributed by atoms with Crippen molar-refractivity contribution in [1.29, 1.82) is 0 Å². The van der Waals surface area contributed by atoms with Crippen LogP contribution in [0.5, 0.6) is 5.75 Å². The minimum atomic E-state index is -2.84. The molecule has 0 aliphatic heterocycles. The highest BCUT2D eigenvalue weighted by Crippen LogP contribution is 2.31. The van der Waals surface area contributed by atoms with Gasteiger partial charge in [-0.2, -0.15) is 0 Å². The van der Waals surface area contributed by atoms with E-state index in [1.807, 2.05) is 0 Å². The predicted octanol–water partition coefficient (Wildman–Crippen LogP) is 2.11. The van der Waals surface area contributed by atoms with Crippen molar-refractivity contribution in [2.45, 2.75) is 18.4 Å². The number of aromatic nitrogens is 1. The van der Waals surface area contributed by atoms with E-state index >= 15 is 0 Å². The van der Waals surface area contributed by atoms with Crippen LogP contribution in [0, 0.1) is 0 Å². The Kier molecular flexibility index (Phi) is 3.77. The lowest BCUT2D eigenvalue weighted by atomic mass is 10.1. The summed E-state index contributed by atoms with van der Waals surface area (Å²) < 4.78 is 24.5. The van der Waals surface area contributed by atoms with Gasteiger partial charge in [-0.3, -0.25) is 4.98 Å². The second kappa shape index (κ2) is 4.65. The van der Waals surface area contributed by atoms with Gasteiger partial charge >= 0.3 is 0 Å². The van der Waals surface area contributed by atoms with Crippen molar-refractivity contribution < 1.29 is 19.0 Å². The summed E-state index contributed by atoms with van der Waals surface area (Å²) in [6.45, 7) is -0.491. The molecule has 0 saturated heterocycles. The lowest BCUT2D eigenvalue weighted by Gasteiger charge is -2.09. The maximum absolute atomic E-state index is 12.3. The lowest BCUT2D eigenvalue weighted by Crippen LogP contribution is -1.99.